The van der Waals surface area contributed by atoms with Crippen molar-refractivity contribution in [3.05, 3.63) is 72.8 Å². The maximum Gasteiger partial charge on any atom is 0.179 e. The van der Waals surface area contributed by atoms with Gasteiger partial charge in [-0.05, 0) is 66.1 Å². The van der Waals surface area contributed by atoms with Gasteiger partial charge in [0.05, 0.1) is 6.61 Å². The lowest BCUT2D eigenvalue weighted by Crippen LogP contribution is -1.96. The molecule has 3 aromatic rings. The van der Waals surface area contributed by atoms with Gasteiger partial charge in [-0.25, -0.2) is 0 Å². The number of rotatable bonds is 7. The van der Waals surface area contributed by atoms with Crippen LogP contribution in [0.5, 0.6) is 23.0 Å². The Morgan fingerprint density at radius 1 is 0.760 bits per heavy atom. The zero-order valence-corrected chi connectivity index (χ0v) is 14.3. The van der Waals surface area contributed by atoms with Gasteiger partial charge in [-0.2, -0.15) is 0 Å². The maximum absolute atomic E-state index is 11.4. The van der Waals surface area contributed by atoms with Crippen LogP contribution in [0.4, 0.5) is 0 Å². The lowest BCUT2D eigenvalue weighted by atomic mass is 10.1. The molecule has 3 nitrogen and oxygen atoms in total. The average Bonchev–Trinajstić information content (AvgIpc) is 2.64. The van der Waals surface area contributed by atoms with Gasteiger partial charge < -0.3 is 9.47 Å². The molecule has 0 fully saturated rings. The van der Waals surface area contributed by atoms with Crippen molar-refractivity contribution in [2.45, 2.75) is 19.8 Å². The third-order valence-electron chi connectivity index (χ3n) is 3.85. The molecule has 0 amide bonds. The van der Waals surface area contributed by atoms with Crippen LogP contribution >= 0.6 is 0 Å². The molecule has 0 aromatic heterocycles. The van der Waals surface area contributed by atoms with Gasteiger partial charge >= 0.3 is 0 Å². The lowest BCUT2D eigenvalue weighted by Gasteiger charge is -2.09. The summed E-state index contributed by atoms with van der Waals surface area (Å²) in [5.74, 6) is 2.38. The van der Waals surface area contributed by atoms with Crippen molar-refractivity contribution in [1.29, 1.82) is 0 Å². The molecule has 0 aliphatic carbocycles. The quantitative estimate of drug-likeness (QED) is 0.465. The minimum absolute atomic E-state index is 0.0130. The topological polar surface area (TPSA) is 38.4 Å². The number of ether oxygens (including phenoxy) is 2. The van der Waals surface area contributed by atoms with Crippen LogP contribution in [0, 0.1) is 0 Å². The molecule has 127 valence electrons. The third kappa shape index (κ3) is 4.77. The monoisotopic (exact) mass is 333 g/mol. The summed E-state index contributed by atoms with van der Waals surface area (Å²) in [4.78, 5) is 0. The van der Waals surface area contributed by atoms with Gasteiger partial charge in [0.25, 0.3) is 0 Å². The summed E-state index contributed by atoms with van der Waals surface area (Å²) in [6, 6.07) is 22.2. The Bertz CT molecular complexity index is 792. The van der Waals surface area contributed by atoms with Gasteiger partial charge in [-0.15, -0.1) is 0 Å². The van der Waals surface area contributed by atoms with Crippen molar-refractivity contribution in [1.82, 2.24) is 0 Å². The van der Waals surface area contributed by atoms with E-state index in [4.69, 9.17) is 9.47 Å². The highest BCUT2D eigenvalue weighted by molar-refractivity contribution is 5.65. The summed E-state index contributed by atoms with van der Waals surface area (Å²) >= 11 is 0. The SMILES string of the molecule is CCCCOc1ccc(Oc2ccc(-c3cccc([O])c3)cc2)cc1. The van der Waals surface area contributed by atoms with Crippen LogP contribution < -0.4 is 9.47 Å². The van der Waals surface area contributed by atoms with Crippen LogP contribution in [0.15, 0.2) is 72.8 Å². The molecule has 0 aliphatic rings. The van der Waals surface area contributed by atoms with Gasteiger partial charge in [0, 0.05) is 0 Å². The second-order valence-corrected chi connectivity index (χ2v) is 5.83. The zero-order valence-electron chi connectivity index (χ0n) is 14.3. The Labute approximate surface area is 148 Å². The molecule has 0 aliphatic heterocycles. The predicted octanol–water partition coefficient (Wildman–Crippen LogP) is 6.47. The Morgan fingerprint density at radius 2 is 1.40 bits per heavy atom. The molecular weight excluding hydrogens is 312 g/mol. The summed E-state index contributed by atoms with van der Waals surface area (Å²) in [7, 11) is 0. The van der Waals surface area contributed by atoms with Gasteiger partial charge in [-0.1, -0.05) is 37.6 Å². The van der Waals surface area contributed by atoms with E-state index in [0.29, 0.717) is 0 Å². The highest BCUT2D eigenvalue weighted by Crippen LogP contribution is 2.28. The largest absolute Gasteiger partial charge is 0.494 e. The molecule has 0 spiro atoms. The minimum Gasteiger partial charge on any atom is -0.494 e. The molecule has 0 saturated heterocycles. The van der Waals surface area contributed by atoms with Crippen LogP contribution in [-0.2, 0) is 5.11 Å². The lowest BCUT2D eigenvalue weighted by molar-refractivity contribution is 0.309. The van der Waals surface area contributed by atoms with Crippen molar-refractivity contribution < 1.29 is 14.6 Å². The summed E-state index contributed by atoms with van der Waals surface area (Å²) in [5, 5.41) is 11.4. The van der Waals surface area contributed by atoms with Crippen molar-refractivity contribution in [3.8, 4) is 34.1 Å². The van der Waals surface area contributed by atoms with E-state index in [1.807, 2.05) is 54.6 Å². The maximum atomic E-state index is 11.4. The highest BCUT2D eigenvalue weighted by atomic mass is 16.5. The molecule has 3 rings (SSSR count). The third-order valence-corrected chi connectivity index (χ3v) is 3.85. The van der Waals surface area contributed by atoms with Crippen LogP contribution in [0.3, 0.4) is 0 Å². The van der Waals surface area contributed by atoms with Crippen molar-refractivity contribution in [2.75, 3.05) is 6.61 Å². The van der Waals surface area contributed by atoms with E-state index >= 15 is 0 Å². The van der Waals surface area contributed by atoms with E-state index < -0.39 is 0 Å². The molecule has 0 heterocycles. The van der Waals surface area contributed by atoms with Crippen molar-refractivity contribution in [2.24, 2.45) is 0 Å². The predicted molar refractivity (Wildman–Crippen MR) is 98.9 cm³/mol. The molecule has 0 saturated carbocycles. The van der Waals surface area contributed by atoms with E-state index in [2.05, 4.69) is 6.92 Å². The van der Waals surface area contributed by atoms with E-state index in [-0.39, 0.29) is 5.75 Å². The number of hydrogen-bond donors (Lipinski definition) is 0. The molecule has 0 unspecified atom stereocenters. The average molecular weight is 333 g/mol. The molecule has 0 atom stereocenters. The van der Waals surface area contributed by atoms with Gasteiger partial charge in [-0.3, -0.25) is 5.11 Å². The Morgan fingerprint density at radius 3 is 2.04 bits per heavy atom. The summed E-state index contributed by atoms with van der Waals surface area (Å²) in [5.41, 5.74) is 1.90. The first-order valence-corrected chi connectivity index (χ1v) is 8.53. The molecule has 0 N–H and O–H groups in total. The Balaban J connectivity index is 1.63. The van der Waals surface area contributed by atoms with E-state index in [1.165, 1.54) is 0 Å². The second-order valence-electron chi connectivity index (χ2n) is 5.83. The van der Waals surface area contributed by atoms with Gasteiger partial charge in [0.2, 0.25) is 0 Å². The Hall–Kier alpha value is -2.94. The molecule has 25 heavy (non-hydrogen) atoms. The fourth-order valence-corrected chi connectivity index (χ4v) is 2.47. The summed E-state index contributed by atoms with van der Waals surface area (Å²) in [6.45, 7) is 2.88. The van der Waals surface area contributed by atoms with Crippen LogP contribution in [0.2, 0.25) is 0 Å². The second kappa shape index (κ2) is 8.25. The number of benzene rings is 3. The molecule has 0 bridgehead atoms. The first-order valence-electron chi connectivity index (χ1n) is 8.53. The zero-order chi connectivity index (χ0) is 17.5. The fraction of sp³-hybridized carbons (Fsp3) is 0.182. The fourth-order valence-electron chi connectivity index (χ4n) is 2.47. The molecule has 3 heteroatoms. The molecular formula is C22H21O3. The summed E-state index contributed by atoms with van der Waals surface area (Å²) in [6.07, 6.45) is 2.18. The number of unbranched alkanes of at least 4 members (excludes halogenated alkanes) is 1. The van der Waals surface area contributed by atoms with Crippen LogP contribution in [0.25, 0.3) is 11.1 Å². The Kier molecular flexibility index (Phi) is 5.57. The molecule has 1 radical (unpaired) electrons. The number of hydrogen-bond acceptors (Lipinski definition) is 2. The first kappa shape index (κ1) is 16.9. The van der Waals surface area contributed by atoms with E-state index in [9.17, 15) is 5.11 Å². The van der Waals surface area contributed by atoms with Crippen molar-refractivity contribution in [3.63, 3.8) is 0 Å². The van der Waals surface area contributed by atoms with Gasteiger partial charge in [0.1, 0.15) is 17.2 Å². The standard InChI is InChI=1S/C22H21O3/c1-2-3-15-24-20-11-13-22(14-12-20)25-21-9-7-17(8-10-21)18-5-4-6-19(23)16-18/h4-14,16H,2-3,15H2,1H3. The van der Waals surface area contributed by atoms with Crippen molar-refractivity contribution >= 4 is 0 Å². The normalized spacial score (nSPS) is 10.4. The van der Waals surface area contributed by atoms with Gasteiger partial charge in [0.15, 0.2) is 5.75 Å². The highest BCUT2D eigenvalue weighted by Gasteiger charge is 2.02. The van der Waals surface area contributed by atoms with Crippen LogP contribution in [-0.4, -0.2) is 6.61 Å². The smallest absolute Gasteiger partial charge is 0.179 e. The van der Waals surface area contributed by atoms with E-state index in [1.54, 1.807) is 18.2 Å². The first-order chi connectivity index (χ1) is 12.2. The molecule has 3 aromatic carbocycles. The minimum atomic E-state index is 0.0130. The van der Waals surface area contributed by atoms with E-state index in [0.717, 1.165) is 47.8 Å². The van der Waals surface area contributed by atoms with Crippen LogP contribution in [0.1, 0.15) is 19.8 Å². The summed E-state index contributed by atoms with van der Waals surface area (Å²) < 4.78 is 11.5.